The molecule has 4 rings (SSSR count). The number of carbonyl (C=O) groups is 2. The molecule has 1 unspecified atom stereocenters. The van der Waals surface area contributed by atoms with E-state index in [2.05, 4.69) is 29.4 Å². The Labute approximate surface area is 184 Å². The first kappa shape index (κ1) is 24.4. The Morgan fingerprint density at radius 2 is 1.81 bits per heavy atom. The van der Waals surface area contributed by atoms with E-state index in [0.717, 1.165) is 19.5 Å². The molecule has 170 valence electrons. The van der Waals surface area contributed by atoms with Crippen molar-refractivity contribution in [2.45, 2.75) is 51.6 Å². The van der Waals surface area contributed by atoms with Gasteiger partial charge >= 0.3 is 0 Å². The fourth-order valence-electron chi connectivity index (χ4n) is 3.68. The second-order valence-corrected chi connectivity index (χ2v) is 7.75. The molecule has 1 fully saturated rings. The van der Waals surface area contributed by atoms with Gasteiger partial charge in [0.15, 0.2) is 0 Å². The summed E-state index contributed by atoms with van der Waals surface area (Å²) in [5.74, 6) is -0.0114. The molecule has 1 saturated heterocycles. The molecule has 8 nitrogen and oxygen atoms in total. The number of anilines is 1. The fraction of sp³-hybridized carbons (Fsp3) is 0.522. The number of amides is 2. The summed E-state index contributed by atoms with van der Waals surface area (Å²) >= 11 is 0. The zero-order chi connectivity index (χ0) is 22.8. The number of nitrogens with two attached hydrogens (primary N) is 2. The standard InChI is InChI=1S/C10H12.C8H15NO2.C5H8N4O/c1-2-6-10-8-4-3-7-9(10)5-1;1-3-8(10)9-5-4-7(6-9)11-2;1-9-4(6)3(2-8-9)5(7)10/h1-2,5-6H,3-4,7-8H2;7H,3-6H2,1-2H3;2H,6H2,1H3,(H2,7,10). The molecule has 4 N–H and O–H groups in total. The Morgan fingerprint density at radius 1 is 1.19 bits per heavy atom. The van der Waals surface area contributed by atoms with Crippen molar-refractivity contribution < 1.29 is 14.3 Å². The van der Waals surface area contributed by atoms with Gasteiger partial charge in [-0.1, -0.05) is 31.2 Å². The molecule has 31 heavy (non-hydrogen) atoms. The number of aryl methyl sites for hydroxylation is 3. The van der Waals surface area contributed by atoms with Crippen LogP contribution in [0.25, 0.3) is 0 Å². The van der Waals surface area contributed by atoms with Crippen molar-refractivity contribution in [1.82, 2.24) is 14.7 Å². The summed E-state index contributed by atoms with van der Waals surface area (Å²) in [4.78, 5) is 23.5. The number of aromatic nitrogens is 2. The second kappa shape index (κ2) is 12.1. The molecule has 1 aromatic carbocycles. The third-order valence-corrected chi connectivity index (χ3v) is 5.64. The van der Waals surface area contributed by atoms with E-state index in [4.69, 9.17) is 16.2 Å². The molecule has 2 aliphatic rings. The lowest BCUT2D eigenvalue weighted by Gasteiger charge is -2.14. The highest BCUT2D eigenvalue weighted by Crippen LogP contribution is 2.19. The number of carbonyl (C=O) groups excluding carboxylic acids is 2. The number of hydrogen-bond donors (Lipinski definition) is 2. The molecular formula is C23H35N5O3. The summed E-state index contributed by atoms with van der Waals surface area (Å²) < 4.78 is 6.53. The van der Waals surface area contributed by atoms with Crippen molar-refractivity contribution in [3.63, 3.8) is 0 Å². The van der Waals surface area contributed by atoms with Crippen LogP contribution in [-0.4, -0.2) is 52.8 Å². The van der Waals surface area contributed by atoms with Crippen molar-refractivity contribution in [1.29, 1.82) is 0 Å². The number of primary amides is 1. The summed E-state index contributed by atoms with van der Waals surface area (Å²) in [6.07, 6.45) is 8.59. The average Bonchev–Trinajstić information content (AvgIpc) is 3.41. The number of benzene rings is 1. The molecule has 8 heteroatoms. The number of rotatable bonds is 3. The van der Waals surface area contributed by atoms with Gasteiger partial charge in [0.2, 0.25) is 5.91 Å². The lowest BCUT2D eigenvalue weighted by atomic mass is 9.92. The molecule has 1 aliphatic heterocycles. The second-order valence-electron chi connectivity index (χ2n) is 7.75. The summed E-state index contributed by atoms with van der Waals surface area (Å²) in [6.45, 7) is 3.54. The monoisotopic (exact) mass is 429 g/mol. The third-order valence-electron chi connectivity index (χ3n) is 5.64. The Hall–Kier alpha value is -2.87. The topological polar surface area (TPSA) is 116 Å². The van der Waals surface area contributed by atoms with Crippen molar-refractivity contribution >= 4 is 17.6 Å². The van der Waals surface area contributed by atoms with Gasteiger partial charge in [-0.15, -0.1) is 0 Å². The largest absolute Gasteiger partial charge is 0.383 e. The fourth-order valence-corrected chi connectivity index (χ4v) is 3.68. The predicted octanol–water partition coefficient (Wildman–Crippen LogP) is 2.31. The number of methoxy groups -OCH3 is 1. The minimum atomic E-state index is -0.550. The van der Waals surface area contributed by atoms with E-state index in [1.54, 1.807) is 25.3 Å². The van der Waals surface area contributed by atoms with E-state index >= 15 is 0 Å². The van der Waals surface area contributed by atoms with Crippen molar-refractivity contribution in [2.75, 3.05) is 25.9 Å². The lowest BCUT2D eigenvalue weighted by Crippen LogP contribution is -2.29. The summed E-state index contributed by atoms with van der Waals surface area (Å²) in [6, 6.07) is 8.80. The first-order valence-electron chi connectivity index (χ1n) is 10.8. The van der Waals surface area contributed by atoms with Gasteiger partial charge in [0.05, 0.1) is 12.3 Å². The van der Waals surface area contributed by atoms with Gasteiger partial charge in [0.25, 0.3) is 5.91 Å². The van der Waals surface area contributed by atoms with Crippen LogP contribution in [0.1, 0.15) is 54.1 Å². The van der Waals surface area contributed by atoms with Gasteiger partial charge in [0.1, 0.15) is 11.4 Å². The molecule has 0 bridgehead atoms. The molecule has 2 amide bonds. The van der Waals surface area contributed by atoms with Crippen LogP contribution in [0.2, 0.25) is 0 Å². The Balaban J connectivity index is 0.000000165. The maximum atomic E-state index is 11.1. The number of hydrogen-bond acceptors (Lipinski definition) is 5. The molecule has 1 aliphatic carbocycles. The summed E-state index contributed by atoms with van der Waals surface area (Å²) in [5.41, 5.74) is 13.8. The summed E-state index contributed by atoms with van der Waals surface area (Å²) in [5, 5.41) is 3.73. The van der Waals surface area contributed by atoms with E-state index in [1.165, 1.54) is 36.6 Å². The third kappa shape index (κ3) is 7.10. The van der Waals surface area contributed by atoms with Crippen LogP contribution in [0.5, 0.6) is 0 Å². The first-order valence-corrected chi connectivity index (χ1v) is 10.8. The molecule has 1 atom stereocenters. The summed E-state index contributed by atoms with van der Waals surface area (Å²) in [7, 11) is 3.34. The number of nitrogen functional groups attached to an aromatic ring is 1. The van der Waals surface area contributed by atoms with E-state index in [9.17, 15) is 9.59 Å². The first-order chi connectivity index (χ1) is 14.9. The smallest absolute Gasteiger partial charge is 0.254 e. The Kier molecular flexibility index (Phi) is 9.52. The normalized spacial score (nSPS) is 17.0. The molecular weight excluding hydrogens is 394 g/mol. The Bertz CT molecular complexity index is 840. The van der Waals surface area contributed by atoms with Crippen LogP contribution in [-0.2, 0) is 29.4 Å². The molecule has 2 aromatic rings. The van der Waals surface area contributed by atoms with Gasteiger partial charge in [-0.25, -0.2) is 0 Å². The van der Waals surface area contributed by atoms with Crippen LogP contribution >= 0.6 is 0 Å². The maximum absolute atomic E-state index is 11.1. The van der Waals surface area contributed by atoms with Crippen LogP contribution in [0.3, 0.4) is 0 Å². The van der Waals surface area contributed by atoms with Crippen LogP contribution in [0.4, 0.5) is 5.82 Å². The van der Waals surface area contributed by atoms with Gasteiger partial charge in [0, 0.05) is 33.7 Å². The lowest BCUT2D eigenvalue weighted by molar-refractivity contribution is -0.130. The molecule has 0 saturated carbocycles. The quantitative estimate of drug-likeness (QED) is 0.777. The zero-order valence-electron chi connectivity index (χ0n) is 18.8. The number of likely N-dealkylation sites (tertiary alicyclic amines) is 1. The van der Waals surface area contributed by atoms with Gasteiger partial charge < -0.3 is 21.1 Å². The zero-order valence-corrected chi connectivity index (χ0v) is 18.8. The van der Waals surface area contributed by atoms with Crippen molar-refractivity contribution in [2.24, 2.45) is 12.8 Å². The van der Waals surface area contributed by atoms with Crippen molar-refractivity contribution in [3.8, 4) is 0 Å². The maximum Gasteiger partial charge on any atom is 0.254 e. The number of nitrogens with zero attached hydrogens (tertiary/aromatic N) is 3. The highest BCUT2D eigenvalue weighted by Gasteiger charge is 2.24. The van der Waals surface area contributed by atoms with Gasteiger partial charge in [-0.3, -0.25) is 14.3 Å². The predicted molar refractivity (Wildman–Crippen MR) is 122 cm³/mol. The number of ether oxygens (including phenoxy) is 1. The minimum absolute atomic E-state index is 0.240. The van der Waals surface area contributed by atoms with E-state index in [0.29, 0.717) is 12.2 Å². The van der Waals surface area contributed by atoms with Crippen LogP contribution in [0, 0.1) is 0 Å². The van der Waals surface area contributed by atoms with Crippen LogP contribution in [0.15, 0.2) is 30.5 Å². The molecule has 0 radical (unpaired) electrons. The number of fused-ring (bicyclic) bond motifs is 1. The van der Waals surface area contributed by atoms with Gasteiger partial charge in [-0.2, -0.15) is 5.10 Å². The highest BCUT2D eigenvalue weighted by atomic mass is 16.5. The highest BCUT2D eigenvalue weighted by molar-refractivity contribution is 5.96. The molecule has 2 heterocycles. The Morgan fingerprint density at radius 3 is 2.19 bits per heavy atom. The average molecular weight is 430 g/mol. The van der Waals surface area contributed by atoms with Crippen LogP contribution < -0.4 is 11.5 Å². The van der Waals surface area contributed by atoms with Gasteiger partial charge in [-0.05, 0) is 43.2 Å². The minimum Gasteiger partial charge on any atom is -0.383 e. The van der Waals surface area contributed by atoms with E-state index in [-0.39, 0.29) is 17.6 Å². The SMILES string of the molecule is CCC(=O)N1CCC(OC)C1.Cn1ncc(C(N)=O)c1N.c1ccc2c(c1)CCCC2. The molecule has 0 spiro atoms. The van der Waals surface area contributed by atoms with Crippen molar-refractivity contribution in [3.05, 3.63) is 47.2 Å². The van der Waals surface area contributed by atoms with E-state index < -0.39 is 5.91 Å². The van der Waals surface area contributed by atoms with E-state index in [1.807, 2.05) is 11.8 Å². The molecule has 1 aromatic heterocycles.